The van der Waals surface area contributed by atoms with E-state index in [1.54, 1.807) is 6.07 Å². The summed E-state index contributed by atoms with van der Waals surface area (Å²) >= 11 is 6.00. The van der Waals surface area contributed by atoms with Gasteiger partial charge in [0, 0.05) is 5.02 Å². The van der Waals surface area contributed by atoms with Crippen molar-refractivity contribution in [2.45, 2.75) is 25.4 Å². The molecule has 0 saturated carbocycles. The second-order valence-electron chi connectivity index (χ2n) is 6.34. The average Bonchev–Trinajstić information content (AvgIpc) is 2.99. The number of aryl methyl sites for hydroxylation is 1. The van der Waals surface area contributed by atoms with Crippen molar-refractivity contribution in [3.8, 4) is 0 Å². The first-order valence-corrected chi connectivity index (χ1v) is 8.61. The Kier molecular flexibility index (Phi) is 4.20. The molecule has 0 fully saturated rings. The first-order chi connectivity index (χ1) is 12.5. The minimum absolute atomic E-state index is 0.101. The van der Waals surface area contributed by atoms with Crippen molar-refractivity contribution >= 4 is 28.4 Å². The van der Waals surface area contributed by atoms with Gasteiger partial charge in [-0.3, -0.25) is 14.2 Å². The van der Waals surface area contributed by atoms with E-state index in [2.05, 4.69) is 10.3 Å². The Hall–Kier alpha value is -2.73. The maximum Gasteiger partial charge on any atom is 0.261 e. The molecule has 7 heteroatoms. The predicted octanol–water partition coefficient (Wildman–Crippen LogP) is 2.99. The van der Waals surface area contributed by atoms with E-state index < -0.39 is 11.4 Å². The van der Waals surface area contributed by atoms with Gasteiger partial charge in [0.15, 0.2) is 0 Å². The fourth-order valence-electron chi connectivity index (χ4n) is 3.37. The molecule has 1 N–H and O–H groups in total. The van der Waals surface area contributed by atoms with Crippen molar-refractivity contribution in [2.24, 2.45) is 0 Å². The van der Waals surface area contributed by atoms with E-state index in [9.17, 15) is 14.0 Å². The van der Waals surface area contributed by atoms with Gasteiger partial charge < -0.3 is 5.32 Å². The van der Waals surface area contributed by atoms with Crippen molar-refractivity contribution in [3.05, 3.63) is 75.0 Å². The Balaban J connectivity index is 1.54. The lowest BCUT2D eigenvalue weighted by molar-refractivity contribution is -0.122. The lowest BCUT2D eigenvalue weighted by atomic mass is 10.1. The molecule has 2 aromatic carbocycles. The summed E-state index contributed by atoms with van der Waals surface area (Å²) in [7, 11) is 0. The number of amides is 1. The number of halogens is 2. The van der Waals surface area contributed by atoms with Crippen molar-refractivity contribution in [1.82, 2.24) is 14.9 Å². The van der Waals surface area contributed by atoms with Gasteiger partial charge in [-0.1, -0.05) is 17.7 Å². The molecule has 5 nitrogen and oxygen atoms in total. The molecule has 1 aromatic heterocycles. The fourth-order valence-corrected chi connectivity index (χ4v) is 3.57. The molecule has 0 spiro atoms. The smallest absolute Gasteiger partial charge is 0.261 e. The van der Waals surface area contributed by atoms with Crippen LogP contribution in [0.2, 0.25) is 5.02 Å². The molecule has 1 atom stereocenters. The molecular weight excluding hydrogens is 357 g/mol. The second-order valence-corrected chi connectivity index (χ2v) is 6.78. The number of carbonyl (C=O) groups excluding carboxylic acids is 1. The number of nitrogens with one attached hydrogen (secondary N) is 1. The largest absolute Gasteiger partial charge is 0.348 e. The van der Waals surface area contributed by atoms with E-state index in [-0.39, 0.29) is 23.9 Å². The van der Waals surface area contributed by atoms with E-state index in [1.807, 2.05) is 12.1 Å². The minimum Gasteiger partial charge on any atom is -0.348 e. The lowest BCUT2D eigenvalue weighted by Gasteiger charge is -2.15. The van der Waals surface area contributed by atoms with Crippen molar-refractivity contribution in [2.75, 3.05) is 0 Å². The molecular formula is C19H15ClFN3O2. The fraction of sp³-hybridized carbons (Fsp3) is 0.211. The molecule has 1 amide bonds. The standard InChI is InChI=1S/C19H15ClFN3O2/c20-12-2-4-14-11(7-12)1-5-17(14)23-18(25)9-24-10-22-16-6-3-13(21)8-15(16)19(24)26/h2-4,6-8,10,17H,1,5,9H2,(H,23,25). The van der Waals surface area contributed by atoms with Gasteiger partial charge in [-0.25, -0.2) is 9.37 Å². The molecule has 0 radical (unpaired) electrons. The zero-order valence-electron chi connectivity index (χ0n) is 13.7. The van der Waals surface area contributed by atoms with Crippen LogP contribution in [0.15, 0.2) is 47.5 Å². The van der Waals surface area contributed by atoms with Gasteiger partial charge >= 0.3 is 0 Å². The molecule has 1 unspecified atom stereocenters. The third-order valence-corrected chi connectivity index (χ3v) is 4.85. The average molecular weight is 372 g/mol. The topological polar surface area (TPSA) is 64.0 Å². The van der Waals surface area contributed by atoms with Crippen LogP contribution < -0.4 is 10.9 Å². The van der Waals surface area contributed by atoms with Crippen molar-refractivity contribution < 1.29 is 9.18 Å². The lowest BCUT2D eigenvalue weighted by Crippen LogP contribution is -2.34. The zero-order valence-corrected chi connectivity index (χ0v) is 14.5. The highest BCUT2D eigenvalue weighted by Crippen LogP contribution is 2.32. The normalized spacial score (nSPS) is 15.8. The van der Waals surface area contributed by atoms with Gasteiger partial charge in [0.25, 0.3) is 5.56 Å². The van der Waals surface area contributed by atoms with Crippen LogP contribution in [-0.2, 0) is 17.8 Å². The number of hydrogen-bond donors (Lipinski definition) is 1. The highest BCUT2D eigenvalue weighted by Gasteiger charge is 2.24. The van der Waals surface area contributed by atoms with Crippen LogP contribution >= 0.6 is 11.6 Å². The molecule has 132 valence electrons. The third kappa shape index (κ3) is 3.08. The monoisotopic (exact) mass is 371 g/mol. The molecule has 1 aliphatic rings. The Bertz CT molecular complexity index is 1080. The van der Waals surface area contributed by atoms with Gasteiger partial charge in [0.2, 0.25) is 5.91 Å². The number of benzene rings is 2. The highest BCUT2D eigenvalue weighted by atomic mass is 35.5. The predicted molar refractivity (Wildman–Crippen MR) is 96.6 cm³/mol. The first-order valence-electron chi connectivity index (χ1n) is 8.23. The summed E-state index contributed by atoms with van der Waals surface area (Å²) in [5, 5.41) is 3.78. The Morgan fingerprint density at radius 3 is 3.00 bits per heavy atom. The number of fused-ring (bicyclic) bond motifs is 2. The maximum atomic E-state index is 13.4. The number of hydrogen-bond acceptors (Lipinski definition) is 3. The third-order valence-electron chi connectivity index (χ3n) is 4.62. The summed E-state index contributed by atoms with van der Waals surface area (Å²) < 4.78 is 14.6. The summed E-state index contributed by atoms with van der Waals surface area (Å²) in [6.45, 7) is -0.169. The van der Waals surface area contributed by atoms with Crippen molar-refractivity contribution in [1.29, 1.82) is 0 Å². The van der Waals surface area contributed by atoms with Gasteiger partial charge in [0.1, 0.15) is 12.4 Å². The first kappa shape index (κ1) is 16.7. The minimum atomic E-state index is -0.514. The molecule has 0 aliphatic heterocycles. The van der Waals surface area contributed by atoms with Crippen LogP contribution in [0, 0.1) is 5.82 Å². The summed E-state index contributed by atoms with van der Waals surface area (Å²) in [6.07, 6.45) is 2.94. The van der Waals surface area contributed by atoms with Crippen molar-refractivity contribution in [3.63, 3.8) is 0 Å². The van der Waals surface area contributed by atoms with Crippen LogP contribution in [0.4, 0.5) is 4.39 Å². The maximum absolute atomic E-state index is 13.4. The van der Waals surface area contributed by atoms with Crippen LogP contribution in [0.3, 0.4) is 0 Å². The van der Waals surface area contributed by atoms with Gasteiger partial charge in [-0.05, 0) is 54.3 Å². The van der Waals surface area contributed by atoms with Gasteiger partial charge in [-0.2, -0.15) is 0 Å². The Labute approximate surface area is 153 Å². The second kappa shape index (κ2) is 6.53. The zero-order chi connectivity index (χ0) is 18.3. The molecule has 1 heterocycles. The van der Waals surface area contributed by atoms with Crippen LogP contribution in [0.1, 0.15) is 23.6 Å². The summed E-state index contributed by atoms with van der Waals surface area (Å²) in [4.78, 5) is 29.0. The van der Waals surface area contributed by atoms with Crippen LogP contribution in [-0.4, -0.2) is 15.5 Å². The molecule has 1 aliphatic carbocycles. The van der Waals surface area contributed by atoms with E-state index >= 15 is 0 Å². The SMILES string of the molecule is O=C(Cn1cnc2ccc(F)cc2c1=O)NC1CCc2cc(Cl)ccc21. The molecule has 26 heavy (non-hydrogen) atoms. The van der Waals surface area contributed by atoms with E-state index in [0.717, 1.165) is 30.0 Å². The van der Waals surface area contributed by atoms with Crippen LogP contribution in [0.5, 0.6) is 0 Å². The molecule has 0 bridgehead atoms. The summed E-state index contributed by atoms with van der Waals surface area (Å²) in [5.74, 6) is -0.808. The van der Waals surface area contributed by atoms with Gasteiger partial charge in [0.05, 0.1) is 23.3 Å². The Morgan fingerprint density at radius 1 is 1.31 bits per heavy atom. The number of carbonyl (C=O) groups is 1. The quantitative estimate of drug-likeness (QED) is 0.769. The van der Waals surface area contributed by atoms with Crippen LogP contribution in [0.25, 0.3) is 10.9 Å². The van der Waals surface area contributed by atoms with E-state index in [0.29, 0.717) is 10.5 Å². The van der Waals surface area contributed by atoms with E-state index in [1.165, 1.54) is 23.0 Å². The number of nitrogens with zero attached hydrogens (tertiary/aromatic N) is 2. The summed E-state index contributed by atoms with van der Waals surface area (Å²) in [6, 6.07) is 9.36. The van der Waals surface area contributed by atoms with E-state index in [4.69, 9.17) is 11.6 Å². The summed E-state index contributed by atoms with van der Waals surface area (Å²) in [5.41, 5.74) is 2.13. The number of rotatable bonds is 3. The molecule has 3 aromatic rings. The van der Waals surface area contributed by atoms with Gasteiger partial charge in [-0.15, -0.1) is 0 Å². The highest BCUT2D eigenvalue weighted by molar-refractivity contribution is 6.30. The number of aromatic nitrogens is 2. The molecule has 0 saturated heterocycles. The Morgan fingerprint density at radius 2 is 2.15 bits per heavy atom. The molecule has 4 rings (SSSR count).